The van der Waals surface area contributed by atoms with Gasteiger partial charge in [0.25, 0.3) is 0 Å². The molecule has 0 amide bonds. The second-order valence-corrected chi connectivity index (χ2v) is 5.48. The van der Waals surface area contributed by atoms with Crippen LogP contribution in [0.4, 0.5) is 4.39 Å². The molecule has 0 aliphatic heterocycles. The van der Waals surface area contributed by atoms with Gasteiger partial charge in [-0.15, -0.1) is 0 Å². The van der Waals surface area contributed by atoms with E-state index in [2.05, 4.69) is 21.2 Å². The highest BCUT2D eigenvalue weighted by Gasteiger charge is 2.14. The molecule has 2 nitrogen and oxygen atoms in total. The fraction of sp³-hybridized carbons (Fsp3) is 0.250. The Labute approximate surface area is 127 Å². The van der Waals surface area contributed by atoms with Crippen LogP contribution >= 0.6 is 15.9 Å². The summed E-state index contributed by atoms with van der Waals surface area (Å²) in [5.74, 6) is 0.610. The van der Waals surface area contributed by atoms with Crippen LogP contribution in [0.3, 0.4) is 0 Å². The smallest absolute Gasteiger partial charge is 0.133 e. The van der Waals surface area contributed by atoms with E-state index in [1.807, 2.05) is 37.4 Å². The lowest BCUT2D eigenvalue weighted by molar-refractivity contribution is 0.412. The first-order valence-electron chi connectivity index (χ1n) is 6.33. The summed E-state index contributed by atoms with van der Waals surface area (Å²) >= 11 is 3.49. The number of hydrogen-bond acceptors (Lipinski definition) is 2. The van der Waals surface area contributed by atoms with Gasteiger partial charge in [-0.05, 0) is 64.8 Å². The topological polar surface area (TPSA) is 21.3 Å². The lowest BCUT2D eigenvalue weighted by atomic mass is 9.97. The monoisotopic (exact) mass is 337 g/mol. The Morgan fingerprint density at radius 2 is 1.80 bits per heavy atom. The summed E-state index contributed by atoms with van der Waals surface area (Å²) in [6, 6.07) is 11.1. The minimum absolute atomic E-state index is 0.0107. The van der Waals surface area contributed by atoms with Gasteiger partial charge in [0.05, 0.1) is 17.6 Å². The molecule has 0 fully saturated rings. The summed E-state index contributed by atoms with van der Waals surface area (Å²) < 4.78 is 19.5. The quantitative estimate of drug-likeness (QED) is 0.902. The number of hydrogen-bond donors (Lipinski definition) is 1. The molecule has 0 heterocycles. The molecule has 0 aliphatic rings. The normalized spacial score (nSPS) is 12.2. The Morgan fingerprint density at radius 3 is 2.35 bits per heavy atom. The average molecular weight is 338 g/mol. The molecule has 2 rings (SSSR count). The molecule has 1 atom stereocenters. The minimum Gasteiger partial charge on any atom is -0.496 e. The van der Waals surface area contributed by atoms with Crippen molar-refractivity contribution in [2.75, 3.05) is 14.2 Å². The molecule has 0 saturated carbocycles. The van der Waals surface area contributed by atoms with Crippen molar-refractivity contribution in [1.29, 1.82) is 0 Å². The molecule has 2 aromatic carbocycles. The highest BCUT2D eigenvalue weighted by Crippen LogP contribution is 2.31. The standard InChI is InChI=1S/C16H17BrFNO/c1-10-8-11(4-6-14(10)18)16(19-2)12-5-7-15(20-3)13(17)9-12/h4-9,16,19H,1-3H3. The summed E-state index contributed by atoms with van der Waals surface area (Å²) in [4.78, 5) is 0. The van der Waals surface area contributed by atoms with Crippen LogP contribution in [-0.4, -0.2) is 14.2 Å². The third-order valence-electron chi connectivity index (χ3n) is 3.31. The number of halogens is 2. The minimum atomic E-state index is -0.181. The van der Waals surface area contributed by atoms with Crippen LogP contribution in [-0.2, 0) is 0 Å². The van der Waals surface area contributed by atoms with Crippen molar-refractivity contribution < 1.29 is 9.13 Å². The van der Waals surface area contributed by atoms with Crippen LogP contribution in [0.25, 0.3) is 0 Å². The predicted octanol–water partition coefficient (Wildman–Crippen LogP) is 4.21. The largest absolute Gasteiger partial charge is 0.496 e. The Hall–Kier alpha value is -1.39. The van der Waals surface area contributed by atoms with E-state index in [1.54, 1.807) is 14.0 Å². The van der Waals surface area contributed by atoms with E-state index in [4.69, 9.17) is 4.74 Å². The van der Waals surface area contributed by atoms with Crippen molar-refractivity contribution in [2.45, 2.75) is 13.0 Å². The van der Waals surface area contributed by atoms with E-state index < -0.39 is 0 Å². The fourth-order valence-electron chi connectivity index (χ4n) is 2.24. The molecule has 1 unspecified atom stereocenters. The van der Waals surface area contributed by atoms with E-state index in [9.17, 15) is 4.39 Å². The van der Waals surface area contributed by atoms with Gasteiger partial charge < -0.3 is 10.1 Å². The highest BCUT2D eigenvalue weighted by molar-refractivity contribution is 9.10. The Bertz CT molecular complexity index is 615. The van der Waals surface area contributed by atoms with E-state index in [0.717, 1.165) is 21.3 Å². The number of rotatable bonds is 4. The molecule has 0 saturated heterocycles. The maximum atomic E-state index is 13.4. The molecule has 0 radical (unpaired) electrons. The molecule has 2 aromatic rings. The number of benzene rings is 2. The van der Waals surface area contributed by atoms with Gasteiger partial charge in [0.1, 0.15) is 11.6 Å². The molecule has 20 heavy (non-hydrogen) atoms. The zero-order chi connectivity index (χ0) is 14.7. The number of aryl methyl sites for hydroxylation is 1. The predicted molar refractivity (Wildman–Crippen MR) is 82.7 cm³/mol. The van der Waals surface area contributed by atoms with Crippen molar-refractivity contribution in [3.63, 3.8) is 0 Å². The van der Waals surface area contributed by atoms with E-state index in [0.29, 0.717) is 5.56 Å². The zero-order valence-corrected chi connectivity index (χ0v) is 13.3. The summed E-state index contributed by atoms with van der Waals surface area (Å²) in [6.07, 6.45) is 0. The van der Waals surface area contributed by atoms with Gasteiger partial charge in [0, 0.05) is 0 Å². The van der Waals surface area contributed by atoms with Gasteiger partial charge in [0.2, 0.25) is 0 Å². The SMILES string of the molecule is CNC(c1ccc(F)c(C)c1)c1ccc(OC)c(Br)c1. The first-order chi connectivity index (χ1) is 9.56. The number of methoxy groups -OCH3 is 1. The Morgan fingerprint density at radius 1 is 1.15 bits per heavy atom. The molecular weight excluding hydrogens is 321 g/mol. The first kappa shape index (κ1) is 15.0. The third kappa shape index (κ3) is 3.02. The lowest BCUT2D eigenvalue weighted by Gasteiger charge is -2.19. The van der Waals surface area contributed by atoms with Gasteiger partial charge >= 0.3 is 0 Å². The molecular formula is C16H17BrFNO. The number of ether oxygens (including phenoxy) is 1. The van der Waals surface area contributed by atoms with Crippen LogP contribution in [0.15, 0.2) is 40.9 Å². The fourth-order valence-corrected chi connectivity index (χ4v) is 2.79. The molecule has 106 valence electrons. The van der Waals surface area contributed by atoms with Crippen molar-refractivity contribution >= 4 is 15.9 Å². The first-order valence-corrected chi connectivity index (χ1v) is 7.13. The zero-order valence-electron chi connectivity index (χ0n) is 11.7. The van der Waals surface area contributed by atoms with Crippen molar-refractivity contribution in [2.24, 2.45) is 0 Å². The summed E-state index contributed by atoms with van der Waals surface area (Å²) in [5.41, 5.74) is 2.77. The van der Waals surface area contributed by atoms with Crippen LogP contribution in [0.1, 0.15) is 22.7 Å². The van der Waals surface area contributed by atoms with Gasteiger partial charge in [-0.3, -0.25) is 0 Å². The van der Waals surface area contributed by atoms with E-state index in [1.165, 1.54) is 6.07 Å². The molecule has 0 aromatic heterocycles. The molecule has 0 bridgehead atoms. The highest BCUT2D eigenvalue weighted by atomic mass is 79.9. The Balaban J connectivity index is 2.41. The second-order valence-electron chi connectivity index (χ2n) is 4.62. The van der Waals surface area contributed by atoms with Crippen LogP contribution < -0.4 is 10.1 Å². The van der Waals surface area contributed by atoms with E-state index >= 15 is 0 Å². The lowest BCUT2D eigenvalue weighted by Crippen LogP contribution is -2.18. The van der Waals surface area contributed by atoms with Crippen LogP contribution in [0.2, 0.25) is 0 Å². The molecule has 0 spiro atoms. The average Bonchev–Trinajstić information content (AvgIpc) is 2.44. The summed E-state index contributed by atoms with van der Waals surface area (Å²) in [5, 5.41) is 3.26. The van der Waals surface area contributed by atoms with Crippen molar-refractivity contribution in [3.8, 4) is 5.75 Å². The molecule has 4 heteroatoms. The van der Waals surface area contributed by atoms with Crippen LogP contribution in [0, 0.1) is 12.7 Å². The maximum Gasteiger partial charge on any atom is 0.133 e. The summed E-state index contributed by atoms with van der Waals surface area (Å²) in [6.45, 7) is 1.77. The van der Waals surface area contributed by atoms with Crippen LogP contribution in [0.5, 0.6) is 5.75 Å². The van der Waals surface area contributed by atoms with Crippen molar-refractivity contribution in [1.82, 2.24) is 5.32 Å². The Kier molecular flexibility index (Phi) is 4.78. The van der Waals surface area contributed by atoms with Gasteiger partial charge in [-0.1, -0.05) is 18.2 Å². The van der Waals surface area contributed by atoms with Gasteiger partial charge in [0.15, 0.2) is 0 Å². The van der Waals surface area contributed by atoms with Gasteiger partial charge in [-0.2, -0.15) is 0 Å². The third-order valence-corrected chi connectivity index (χ3v) is 3.93. The summed E-state index contributed by atoms with van der Waals surface area (Å²) in [7, 11) is 3.53. The molecule has 0 aliphatic carbocycles. The van der Waals surface area contributed by atoms with Crippen molar-refractivity contribution in [3.05, 3.63) is 63.4 Å². The molecule has 1 N–H and O–H groups in total. The second kappa shape index (κ2) is 6.37. The van der Waals surface area contributed by atoms with Gasteiger partial charge in [-0.25, -0.2) is 4.39 Å². The maximum absolute atomic E-state index is 13.4. The van der Waals surface area contributed by atoms with E-state index in [-0.39, 0.29) is 11.9 Å². The number of nitrogens with one attached hydrogen (secondary N) is 1.